The van der Waals surface area contributed by atoms with Crippen LogP contribution >= 0.6 is 15.9 Å². The Balaban J connectivity index is 1.74. The van der Waals surface area contributed by atoms with Gasteiger partial charge in [0, 0.05) is 16.5 Å². The minimum atomic E-state index is -0.584. The van der Waals surface area contributed by atoms with Crippen LogP contribution in [0, 0.1) is 0 Å². The smallest absolute Gasteiger partial charge is 0.261 e. The highest BCUT2D eigenvalue weighted by Crippen LogP contribution is 2.42. The lowest BCUT2D eigenvalue weighted by molar-refractivity contribution is -0.128. The Morgan fingerprint density at radius 3 is 2.56 bits per heavy atom. The molecule has 0 saturated heterocycles. The summed E-state index contributed by atoms with van der Waals surface area (Å²) in [7, 11) is 0. The van der Waals surface area contributed by atoms with Crippen molar-refractivity contribution in [2.75, 3.05) is 0 Å². The van der Waals surface area contributed by atoms with Crippen molar-refractivity contribution in [3.05, 3.63) is 58.6 Å². The summed E-state index contributed by atoms with van der Waals surface area (Å²) in [5.41, 5.74) is 0.779. The molecule has 1 aliphatic rings. The molecule has 3 rings (SSSR count). The Kier molecular flexibility index (Phi) is 6.10. The van der Waals surface area contributed by atoms with E-state index >= 15 is 0 Å². The van der Waals surface area contributed by atoms with Gasteiger partial charge in [-0.15, -0.1) is 0 Å². The summed E-state index contributed by atoms with van der Waals surface area (Å²) in [6.45, 7) is 6.04. The topological polar surface area (TPSA) is 47.6 Å². The van der Waals surface area contributed by atoms with Crippen molar-refractivity contribution in [2.45, 2.75) is 57.8 Å². The number of fused-ring (bicyclic) bond motifs is 1. The van der Waals surface area contributed by atoms with Gasteiger partial charge in [0.15, 0.2) is 6.10 Å². The van der Waals surface area contributed by atoms with Crippen molar-refractivity contribution in [1.29, 1.82) is 0 Å². The van der Waals surface area contributed by atoms with Gasteiger partial charge in [-0.05, 0) is 50.1 Å². The van der Waals surface area contributed by atoms with Gasteiger partial charge in [0.25, 0.3) is 5.91 Å². The number of nitrogens with one attached hydrogen (secondary N) is 1. The number of ether oxygens (including phenoxy) is 2. The lowest BCUT2D eigenvalue weighted by Crippen LogP contribution is -2.46. The third kappa shape index (κ3) is 4.46. The fourth-order valence-electron chi connectivity index (χ4n) is 3.49. The number of carbonyl (C=O) groups excluding carboxylic acids is 1. The van der Waals surface area contributed by atoms with Crippen LogP contribution in [0.15, 0.2) is 53.0 Å². The Morgan fingerprint density at radius 2 is 1.89 bits per heavy atom. The van der Waals surface area contributed by atoms with Crippen LogP contribution in [0.25, 0.3) is 0 Å². The van der Waals surface area contributed by atoms with Crippen LogP contribution in [0.3, 0.4) is 0 Å². The second-order valence-corrected chi connectivity index (χ2v) is 7.92. The molecular weight excluding hydrogens is 406 g/mol. The molecule has 5 heteroatoms. The molecule has 144 valence electrons. The first-order valence-electron chi connectivity index (χ1n) is 9.47. The maximum atomic E-state index is 12.8. The van der Waals surface area contributed by atoms with E-state index in [1.165, 1.54) is 0 Å². The standard InChI is InChI=1S/C22H26BrNO3/c1-4-22(5-2)14-19(18-8-6-7-9-20(18)27-22)24-21(25)15(3)26-17-12-10-16(23)11-13-17/h6-13,15,19H,4-5,14H2,1-3H3,(H,24,25)/t15-,19+/m1/s1. The zero-order valence-corrected chi connectivity index (χ0v) is 17.6. The highest BCUT2D eigenvalue weighted by atomic mass is 79.9. The maximum absolute atomic E-state index is 12.8. The molecule has 0 radical (unpaired) electrons. The van der Waals surface area contributed by atoms with Gasteiger partial charge in [0.1, 0.15) is 17.1 Å². The van der Waals surface area contributed by atoms with Crippen molar-refractivity contribution in [3.63, 3.8) is 0 Å². The number of halogens is 1. The summed E-state index contributed by atoms with van der Waals surface area (Å²) in [5.74, 6) is 1.41. The second kappa shape index (κ2) is 8.34. The van der Waals surface area contributed by atoms with Crippen LogP contribution in [0.1, 0.15) is 51.6 Å². The summed E-state index contributed by atoms with van der Waals surface area (Å²) in [6, 6.07) is 15.3. The van der Waals surface area contributed by atoms with E-state index in [-0.39, 0.29) is 17.6 Å². The predicted octanol–water partition coefficient (Wildman–Crippen LogP) is 5.42. The summed E-state index contributed by atoms with van der Waals surface area (Å²) >= 11 is 3.40. The molecule has 0 unspecified atom stereocenters. The van der Waals surface area contributed by atoms with Crippen LogP contribution in [0.4, 0.5) is 0 Å². The zero-order valence-electron chi connectivity index (χ0n) is 16.0. The van der Waals surface area contributed by atoms with Crippen LogP contribution in [-0.4, -0.2) is 17.6 Å². The molecule has 2 aromatic carbocycles. The van der Waals surface area contributed by atoms with Crippen molar-refractivity contribution in [3.8, 4) is 11.5 Å². The molecule has 0 spiro atoms. The first kappa shape index (κ1) is 19.7. The van der Waals surface area contributed by atoms with E-state index in [4.69, 9.17) is 9.47 Å². The minimum absolute atomic E-state index is 0.0849. The SMILES string of the molecule is CCC1(CC)C[C@H](NC(=O)[C@@H](C)Oc2ccc(Br)cc2)c2ccccc2O1. The number of carbonyl (C=O) groups is 1. The summed E-state index contributed by atoms with van der Waals surface area (Å²) in [5, 5.41) is 3.18. The van der Waals surface area contributed by atoms with E-state index in [1.807, 2.05) is 48.5 Å². The van der Waals surface area contributed by atoms with Crippen LogP contribution < -0.4 is 14.8 Å². The van der Waals surface area contributed by atoms with Crippen molar-refractivity contribution in [2.24, 2.45) is 0 Å². The van der Waals surface area contributed by atoms with Gasteiger partial charge in [-0.25, -0.2) is 0 Å². The molecule has 0 fully saturated rings. The maximum Gasteiger partial charge on any atom is 0.261 e. The van der Waals surface area contributed by atoms with E-state index in [2.05, 4.69) is 35.1 Å². The number of para-hydroxylation sites is 1. The van der Waals surface area contributed by atoms with Gasteiger partial charge in [0.2, 0.25) is 0 Å². The molecule has 2 aromatic rings. The average molecular weight is 432 g/mol. The number of hydrogen-bond acceptors (Lipinski definition) is 3. The predicted molar refractivity (Wildman–Crippen MR) is 110 cm³/mol. The lowest BCUT2D eigenvalue weighted by atomic mass is 9.83. The Hall–Kier alpha value is -2.01. The Morgan fingerprint density at radius 1 is 1.22 bits per heavy atom. The van der Waals surface area contributed by atoms with E-state index in [9.17, 15) is 4.79 Å². The number of rotatable bonds is 6. The highest BCUT2D eigenvalue weighted by Gasteiger charge is 2.39. The van der Waals surface area contributed by atoms with Gasteiger partial charge in [-0.2, -0.15) is 0 Å². The highest BCUT2D eigenvalue weighted by molar-refractivity contribution is 9.10. The molecule has 0 saturated carbocycles. The lowest BCUT2D eigenvalue weighted by Gasteiger charge is -2.41. The fourth-order valence-corrected chi connectivity index (χ4v) is 3.75. The third-order valence-corrected chi connectivity index (χ3v) is 5.83. The third-order valence-electron chi connectivity index (χ3n) is 5.30. The quantitative estimate of drug-likeness (QED) is 0.664. The zero-order chi connectivity index (χ0) is 19.4. The monoisotopic (exact) mass is 431 g/mol. The van der Waals surface area contributed by atoms with Gasteiger partial charge >= 0.3 is 0 Å². The molecule has 1 aliphatic heterocycles. The molecule has 2 atom stereocenters. The summed E-state index contributed by atoms with van der Waals surface area (Å²) < 4.78 is 13.1. The molecular formula is C22H26BrNO3. The van der Waals surface area contributed by atoms with E-state index in [1.54, 1.807) is 6.92 Å². The molecule has 27 heavy (non-hydrogen) atoms. The first-order valence-corrected chi connectivity index (χ1v) is 10.3. The number of amides is 1. The molecule has 0 bridgehead atoms. The Bertz CT molecular complexity index is 786. The van der Waals surface area contributed by atoms with Gasteiger partial charge in [-0.3, -0.25) is 4.79 Å². The minimum Gasteiger partial charge on any atom is -0.487 e. The Labute approximate surface area is 169 Å². The van der Waals surface area contributed by atoms with Crippen molar-refractivity contribution >= 4 is 21.8 Å². The van der Waals surface area contributed by atoms with Crippen LogP contribution in [-0.2, 0) is 4.79 Å². The second-order valence-electron chi connectivity index (χ2n) is 7.01. The number of hydrogen-bond donors (Lipinski definition) is 1. The molecule has 1 heterocycles. The van der Waals surface area contributed by atoms with Crippen molar-refractivity contribution in [1.82, 2.24) is 5.32 Å². The molecule has 1 N–H and O–H groups in total. The van der Waals surface area contributed by atoms with Gasteiger partial charge in [-0.1, -0.05) is 48.0 Å². The average Bonchev–Trinajstić information content (AvgIpc) is 2.69. The molecule has 1 amide bonds. The first-order chi connectivity index (χ1) is 13.0. The molecule has 0 aliphatic carbocycles. The number of benzene rings is 2. The van der Waals surface area contributed by atoms with Crippen LogP contribution in [0.5, 0.6) is 11.5 Å². The molecule has 0 aromatic heterocycles. The van der Waals surface area contributed by atoms with E-state index in [0.29, 0.717) is 5.75 Å². The largest absolute Gasteiger partial charge is 0.487 e. The summed E-state index contributed by atoms with van der Waals surface area (Å²) in [6.07, 6.45) is 1.97. The van der Waals surface area contributed by atoms with E-state index < -0.39 is 6.10 Å². The molecule has 4 nitrogen and oxygen atoms in total. The van der Waals surface area contributed by atoms with Gasteiger partial charge < -0.3 is 14.8 Å². The fraction of sp³-hybridized carbons (Fsp3) is 0.409. The normalized spacial score (nSPS) is 18.7. The van der Waals surface area contributed by atoms with Crippen LogP contribution in [0.2, 0.25) is 0 Å². The van der Waals surface area contributed by atoms with Gasteiger partial charge in [0.05, 0.1) is 6.04 Å². The summed E-state index contributed by atoms with van der Waals surface area (Å²) in [4.78, 5) is 12.8. The van der Waals surface area contributed by atoms with Crippen molar-refractivity contribution < 1.29 is 14.3 Å². The van der Waals surface area contributed by atoms with E-state index in [0.717, 1.165) is 35.0 Å².